The molecular formula is C35H37N7O4. The van der Waals surface area contributed by atoms with Crippen LogP contribution in [0.2, 0.25) is 0 Å². The number of H-pyrrole nitrogens is 1. The average Bonchev–Trinajstić information content (AvgIpc) is 3.65. The lowest BCUT2D eigenvalue weighted by Gasteiger charge is -2.39. The SMILES string of the molecule is CN1C(=O)C(NC(=O)c2n[nH]c(Cc3ccccc3)n2)COc2ccc(N3CCC4(CCN(Cc5ccccc5)C4=O)CC3)cc21. The maximum atomic E-state index is 13.5. The van der Waals surface area contributed by atoms with Crippen LogP contribution in [-0.4, -0.2) is 77.1 Å². The predicted molar refractivity (Wildman–Crippen MR) is 173 cm³/mol. The van der Waals surface area contributed by atoms with Crippen molar-refractivity contribution in [2.45, 2.75) is 38.3 Å². The lowest BCUT2D eigenvalue weighted by Crippen LogP contribution is -2.49. The van der Waals surface area contributed by atoms with Crippen LogP contribution in [0, 0.1) is 5.41 Å². The molecule has 3 aliphatic rings. The average molecular weight is 620 g/mol. The molecular weight excluding hydrogens is 582 g/mol. The summed E-state index contributed by atoms with van der Waals surface area (Å²) in [4.78, 5) is 50.2. The third-order valence-corrected chi connectivity index (χ3v) is 9.50. The van der Waals surface area contributed by atoms with Gasteiger partial charge in [-0.3, -0.25) is 19.5 Å². The second kappa shape index (κ2) is 12.3. The summed E-state index contributed by atoms with van der Waals surface area (Å²) >= 11 is 0. The van der Waals surface area contributed by atoms with Gasteiger partial charge < -0.3 is 24.8 Å². The highest BCUT2D eigenvalue weighted by atomic mass is 16.5. The van der Waals surface area contributed by atoms with Gasteiger partial charge in [-0.05, 0) is 48.6 Å². The molecule has 3 aliphatic heterocycles. The van der Waals surface area contributed by atoms with E-state index in [-0.39, 0.29) is 29.7 Å². The van der Waals surface area contributed by atoms with E-state index in [1.54, 1.807) is 7.05 Å². The van der Waals surface area contributed by atoms with Crippen LogP contribution in [-0.2, 0) is 22.6 Å². The van der Waals surface area contributed by atoms with Gasteiger partial charge >= 0.3 is 0 Å². The van der Waals surface area contributed by atoms with E-state index in [2.05, 4.69) is 37.5 Å². The number of piperidine rings is 1. The Kier molecular flexibility index (Phi) is 7.90. The largest absolute Gasteiger partial charge is 0.489 e. The van der Waals surface area contributed by atoms with E-state index in [9.17, 15) is 14.4 Å². The molecule has 3 amide bonds. The molecule has 3 aromatic carbocycles. The van der Waals surface area contributed by atoms with Gasteiger partial charge in [0.1, 0.15) is 24.2 Å². The Labute approximate surface area is 267 Å². The second-order valence-corrected chi connectivity index (χ2v) is 12.4. The molecule has 11 heteroatoms. The van der Waals surface area contributed by atoms with Gasteiger partial charge in [0.05, 0.1) is 11.1 Å². The first-order chi connectivity index (χ1) is 22.4. The summed E-state index contributed by atoms with van der Waals surface area (Å²) in [6.07, 6.45) is 2.98. The number of aromatic amines is 1. The minimum absolute atomic E-state index is 0.0175. The van der Waals surface area contributed by atoms with Gasteiger partial charge in [-0.15, -0.1) is 5.10 Å². The number of ether oxygens (including phenoxy) is 1. The minimum atomic E-state index is -0.911. The van der Waals surface area contributed by atoms with Crippen molar-refractivity contribution in [3.63, 3.8) is 0 Å². The molecule has 4 heterocycles. The Morgan fingerprint density at radius 2 is 1.65 bits per heavy atom. The lowest BCUT2D eigenvalue weighted by atomic mass is 9.77. The van der Waals surface area contributed by atoms with Crippen LogP contribution >= 0.6 is 0 Å². The van der Waals surface area contributed by atoms with E-state index < -0.39 is 11.9 Å². The van der Waals surface area contributed by atoms with Gasteiger partial charge in [0.25, 0.3) is 11.8 Å². The third kappa shape index (κ3) is 5.80. The number of hydrogen-bond acceptors (Lipinski definition) is 7. The monoisotopic (exact) mass is 619 g/mol. The zero-order valence-corrected chi connectivity index (χ0v) is 25.8. The molecule has 1 spiro atoms. The molecule has 236 valence electrons. The first-order valence-corrected chi connectivity index (χ1v) is 15.8. The Morgan fingerprint density at radius 1 is 0.957 bits per heavy atom. The van der Waals surface area contributed by atoms with Crippen molar-refractivity contribution in [2.24, 2.45) is 5.41 Å². The van der Waals surface area contributed by atoms with Gasteiger partial charge in [0.2, 0.25) is 11.7 Å². The number of aromatic nitrogens is 3. The van der Waals surface area contributed by atoms with E-state index in [4.69, 9.17) is 4.74 Å². The van der Waals surface area contributed by atoms with E-state index in [0.717, 1.165) is 55.7 Å². The summed E-state index contributed by atoms with van der Waals surface area (Å²) in [5.41, 5.74) is 3.50. The van der Waals surface area contributed by atoms with Crippen molar-refractivity contribution in [3.8, 4) is 5.75 Å². The van der Waals surface area contributed by atoms with Crippen LogP contribution in [0.25, 0.3) is 0 Å². The van der Waals surface area contributed by atoms with Gasteiger partial charge in [0, 0.05) is 45.3 Å². The summed E-state index contributed by atoms with van der Waals surface area (Å²) in [6, 6.07) is 24.8. The van der Waals surface area contributed by atoms with Crippen molar-refractivity contribution in [1.82, 2.24) is 25.4 Å². The molecule has 0 saturated carbocycles. The Morgan fingerprint density at radius 3 is 2.39 bits per heavy atom. The van der Waals surface area contributed by atoms with Crippen LogP contribution < -0.4 is 19.9 Å². The number of carbonyl (C=O) groups excluding carboxylic acids is 3. The zero-order valence-electron chi connectivity index (χ0n) is 25.8. The number of benzene rings is 3. The number of nitrogens with zero attached hydrogens (tertiary/aromatic N) is 5. The standard InChI is InChI=1S/C35H37N7O4/c1-40-28-21-26(41-17-14-35(15-18-41)16-19-42(34(35)45)22-25-10-6-3-7-11-25)12-13-29(28)46-23-27(33(40)44)36-32(43)31-37-30(38-39-31)20-24-8-4-2-5-9-24/h2-13,21,27H,14-20,22-23H2,1H3,(H,36,43)(H,37,38,39). The summed E-state index contributed by atoms with van der Waals surface area (Å²) in [5.74, 6) is 0.512. The molecule has 0 bridgehead atoms. The van der Waals surface area contributed by atoms with Gasteiger partial charge in [0.15, 0.2) is 0 Å². The van der Waals surface area contributed by atoms with Gasteiger partial charge in [-0.25, -0.2) is 4.98 Å². The normalized spacial score (nSPS) is 19.2. The molecule has 7 rings (SSSR count). The molecule has 2 fully saturated rings. The Hall–Kier alpha value is -5.19. The molecule has 1 atom stereocenters. The molecule has 1 aromatic heterocycles. The van der Waals surface area contributed by atoms with Gasteiger partial charge in [-0.2, -0.15) is 0 Å². The number of anilines is 2. The fraction of sp³-hybridized carbons (Fsp3) is 0.343. The first-order valence-electron chi connectivity index (χ1n) is 15.8. The van der Waals surface area contributed by atoms with Crippen LogP contribution in [0.3, 0.4) is 0 Å². The molecule has 46 heavy (non-hydrogen) atoms. The number of amides is 3. The number of carbonyl (C=O) groups is 3. The number of fused-ring (bicyclic) bond motifs is 1. The molecule has 4 aromatic rings. The highest BCUT2D eigenvalue weighted by Gasteiger charge is 2.48. The molecule has 1 unspecified atom stereocenters. The molecule has 11 nitrogen and oxygen atoms in total. The minimum Gasteiger partial charge on any atom is -0.489 e. The van der Waals surface area contributed by atoms with Crippen molar-refractivity contribution < 1.29 is 19.1 Å². The molecule has 0 radical (unpaired) electrons. The highest BCUT2D eigenvalue weighted by Crippen LogP contribution is 2.44. The quantitative estimate of drug-likeness (QED) is 0.324. The summed E-state index contributed by atoms with van der Waals surface area (Å²) in [5, 5.41) is 9.62. The van der Waals surface area contributed by atoms with Gasteiger partial charge in [-0.1, -0.05) is 60.7 Å². The predicted octanol–water partition coefficient (Wildman–Crippen LogP) is 3.57. The maximum Gasteiger partial charge on any atom is 0.291 e. The van der Waals surface area contributed by atoms with Crippen LogP contribution in [0.15, 0.2) is 78.9 Å². The Balaban J connectivity index is 0.975. The maximum absolute atomic E-state index is 13.5. The Bertz CT molecular complexity index is 1730. The fourth-order valence-electron chi connectivity index (χ4n) is 6.78. The number of rotatable bonds is 7. The van der Waals surface area contributed by atoms with Crippen molar-refractivity contribution in [1.29, 1.82) is 0 Å². The molecule has 0 aliphatic carbocycles. The topological polar surface area (TPSA) is 124 Å². The van der Waals surface area contributed by atoms with Crippen molar-refractivity contribution in [2.75, 3.05) is 43.1 Å². The first kappa shape index (κ1) is 29.5. The second-order valence-electron chi connectivity index (χ2n) is 12.4. The number of hydrogen-bond donors (Lipinski definition) is 2. The van der Waals surface area contributed by atoms with Crippen LogP contribution in [0.1, 0.15) is 46.8 Å². The van der Waals surface area contributed by atoms with E-state index >= 15 is 0 Å². The third-order valence-electron chi connectivity index (χ3n) is 9.50. The van der Waals surface area contributed by atoms with E-state index in [1.165, 1.54) is 4.90 Å². The highest BCUT2D eigenvalue weighted by molar-refractivity contribution is 6.02. The smallest absolute Gasteiger partial charge is 0.291 e. The lowest BCUT2D eigenvalue weighted by molar-refractivity contribution is -0.137. The van der Waals surface area contributed by atoms with E-state index in [0.29, 0.717) is 30.2 Å². The zero-order chi connectivity index (χ0) is 31.7. The van der Waals surface area contributed by atoms with E-state index in [1.807, 2.05) is 71.6 Å². The van der Waals surface area contributed by atoms with Crippen LogP contribution in [0.4, 0.5) is 11.4 Å². The molecule has 2 N–H and O–H groups in total. The number of nitrogens with one attached hydrogen (secondary N) is 2. The summed E-state index contributed by atoms with van der Waals surface area (Å²) in [7, 11) is 1.69. The van der Waals surface area contributed by atoms with Crippen molar-refractivity contribution in [3.05, 3.63) is 102 Å². The summed E-state index contributed by atoms with van der Waals surface area (Å²) < 4.78 is 6.02. The number of likely N-dealkylation sites (N-methyl/N-ethyl adjacent to an activating group) is 1. The summed E-state index contributed by atoms with van der Waals surface area (Å²) in [6.45, 7) is 2.94. The molecule has 2 saturated heterocycles. The fourth-order valence-corrected chi connectivity index (χ4v) is 6.78. The number of likely N-dealkylation sites (tertiary alicyclic amines) is 1. The van der Waals surface area contributed by atoms with Crippen molar-refractivity contribution >= 4 is 29.1 Å². The van der Waals surface area contributed by atoms with Crippen LogP contribution in [0.5, 0.6) is 5.75 Å².